The van der Waals surface area contributed by atoms with Crippen LogP contribution in [0.3, 0.4) is 0 Å². The number of ether oxygens (including phenoxy) is 1. The van der Waals surface area contributed by atoms with E-state index in [9.17, 15) is 0 Å². The van der Waals surface area contributed by atoms with E-state index in [-0.39, 0.29) is 0 Å². The van der Waals surface area contributed by atoms with Crippen LogP contribution in [-0.2, 0) is 6.61 Å². The summed E-state index contributed by atoms with van der Waals surface area (Å²) in [6.45, 7) is 2.51. The van der Waals surface area contributed by atoms with Crippen LogP contribution in [0.1, 0.15) is 11.1 Å². The number of para-hydroxylation sites is 1. The smallest absolute Gasteiger partial charge is 0.138 e. The standard InChI is InChI=1S/C14H14ClNO/c1-10-8-12(16)7-6-11(10)9-17-14-5-3-2-4-13(14)15/h2-8H,9,16H2,1H3. The fourth-order valence-electron chi connectivity index (χ4n) is 1.60. The van der Waals surface area contributed by atoms with Gasteiger partial charge in [0.2, 0.25) is 0 Å². The number of nitrogens with two attached hydrogens (primary N) is 1. The van der Waals surface area contributed by atoms with Gasteiger partial charge in [-0.1, -0.05) is 29.8 Å². The molecule has 0 radical (unpaired) electrons. The average molecular weight is 248 g/mol. The lowest BCUT2D eigenvalue weighted by atomic mass is 10.1. The first-order valence-corrected chi connectivity index (χ1v) is 5.77. The normalized spacial score (nSPS) is 10.2. The molecule has 0 spiro atoms. The number of hydrogen-bond acceptors (Lipinski definition) is 2. The highest BCUT2D eigenvalue weighted by atomic mass is 35.5. The van der Waals surface area contributed by atoms with Gasteiger partial charge in [-0.2, -0.15) is 0 Å². The van der Waals surface area contributed by atoms with Gasteiger partial charge in [0.05, 0.1) is 5.02 Å². The van der Waals surface area contributed by atoms with Crippen molar-refractivity contribution in [2.75, 3.05) is 5.73 Å². The third kappa shape index (κ3) is 2.92. The number of rotatable bonds is 3. The van der Waals surface area contributed by atoms with Gasteiger partial charge < -0.3 is 10.5 Å². The first-order chi connectivity index (χ1) is 8.16. The molecule has 0 aromatic heterocycles. The van der Waals surface area contributed by atoms with E-state index in [4.69, 9.17) is 22.1 Å². The quantitative estimate of drug-likeness (QED) is 0.837. The molecular weight excluding hydrogens is 234 g/mol. The lowest BCUT2D eigenvalue weighted by molar-refractivity contribution is 0.305. The minimum atomic E-state index is 0.496. The Hall–Kier alpha value is -1.67. The van der Waals surface area contributed by atoms with Gasteiger partial charge in [-0.15, -0.1) is 0 Å². The van der Waals surface area contributed by atoms with Crippen molar-refractivity contribution in [1.82, 2.24) is 0 Å². The molecule has 2 N–H and O–H groups in total. The van der Waals surface area contributed by atoms with Crippen molar-refractivity contribution in [3.63, 3.8) is 0 Å². The molecule has 0 atom stereocenters. The van der Waals surface area contributed by atoms with E-state index < -0.39 is 0 Å². The van der Waals surface area contributed by atoms with Crippen molar-refractivity contribution >= 4 is 17.3 Å². The number of anilines is 1. The van der Waals surface area contributed by atoms with Crippen molar-refractivity contribution in [1.29, 1.82) is 0 Å². The van der Waals surface area contributed by atoms with E-state index >= 15 is 0 Å². The Morgan fingerprint density at radius 2 is 1.94 bits per heavy atom. The molecule has 0 amide bonds. The van der Waals surface area contributed by atoms with Crippen LogP contribution in [0.2, 0.25) is 5.02 Å². The lowest BCUT2D eigenvalue weighted by Gasteiger charge is -2.10. The zero-order valence-electron chi connectivity index (χ0n) is 9.61. The lowest BCUT2D eigenvalue weighted by Crippen LogP contribution is -1.99. The topological polar surface area (TPSA) is 35.2 Å². The van der Waals surface area contributed by atoms with Gasteiger partial charge >= 0.3 is 0 Å². The van der Waals surface area contributed by atoms with Gasteiger partial charge in [0.15, 0.2) is 0 Å². The fourth-order valence-corrected chi connectivity index (χ4v) is 1.79. The third-order valence-corrected chi connectivity index (χ3v) is 2.90. The summed E-state index contributed by atoms with van der Waals surface area (Å²) in [6, 6.07) is 13.2. The van der Waals surface area contributed by atoms with Gasteiger partial charge in [-0.3, -0.25) is 0 Å². The zero-order valence-corrected chi connectivity index (χ0v) is 10.4. The minimum Gasteiger partial charge on any atom is -0.487 e. The first kappa shape index (κ1) is 11.8. The van der Waals surface area contributed by atoms with Gasteiger partial charge in [-0.25, -0.2) is 0 Å². The van der Waals surface area contributed by atoms with E-state index in [0.717, 1.165) is 16.8 Å². The van der Waals surface area contributed by atoms with Gasteiger partial charge in [0.25, 0.3) is 0 Å². The van der Waals surface area contributed by atoms with Crippen LogP contribution in [0.5, 0.6) is 5.75 Å². The zero-order chi connectivity index (χ0) is 12.3. The molecule has 0 bridgehead atoms. The van der Waals surface area contributed by atoms with E-state index in [0.29, 0.717) is 17.4 Å². The van der Waals surface area contributed by atoms with E-state index in [1.165, 1.54) is 0 Å². The molecule has 0 aliphatic heterocycles. The Kier molecular flexibility index (Phi) is 3.55. The molecule has 0 heterocycles. The Labute approximate surface area is 106 Å². The van der Waals surface area contributed by atoms with Crippen LogP contribution < -0.4 is 10.5 Å². The second-order valence-electron chi connectivity index (χ2n) is 3.91. The van der Waals surface area contributed by atoms with E-state index in [1.807, 2.05) is 49.4 Å². The molecule has 2 aromatic rings. The molecule has 0 aliphatic carbocycles. The average Bonchev–Trinajstić information content (AvgIpc) is 2.30. The molecule has 88 valence electrons. The first-order valence-electron chi connectivity index (χ1n) is 5.39. The maximum atomic E-state index is 6.01. The van der Waals surface area contributed by atoms with Crippen molar-refractivity contribution in [3.8, 4) is 5.75 Å². The molecule has 3 heteroatoms. The maximum absolute atomic E-state index is 6.01. The van der Waals surface area contributed by atoms with Crippen molar-refractivity contribution in [2.45, 2.75) is 13.5 Å². The maximum Gasteiger partial charge on any atom is 0.138 e. The number of benzene rings is 2. The number of hydrogen-bond donors (Lipinski definition) is 1. The summed E-state index contributed by atoms with van der Waals surface area (Å²) in [5, 5.41) is 0.626. The van der Waals surface area contributed by atoms with Gasteiger partial charge in [0.1, 0.15) is 12.4 Å². The molecule has 0 unspecified atom stereocenters. The molecule has 0 fully saturated rings. The van der Waals surface area contributed by atoms with Crippen molar-refractivity contribution in [2.24, 2.45) is 0 Å². The highest BCUT2D eigenvalue weighted by Gasteiger charge is 2.02. The molecule has 2 aromatic carbocycles. The second-order valence-corrected chi connectivity index (χ2v) is 4.31. The molecule has 17 heavy (non-hydrogen) atoms. The SMILES string of the molecule is Cc1cc(N)ccc1COc1ccccc1Cl. The third-order valence-electron chi connectivity index (χ3n) is 2.59. The van der Waals surface area contributed by atoms with Crippen LogP contribution in [0.15, 0.2) is 42.5 Å². The Bertz CT molecular complexity index is 525. The molecule has 0 aliphatic rings. The Balaban J connectivity index is 2.10. The molecular formula is C14H14ClNO. The number of aryl methyl sites for hydroxylation is 1. The fraction of sp³-hybridized carbons (Fsp3) is 0.143. The van der Waals surface area contributed by atoms with Gasteiger partial charge in [-0.05, 0) is 42.3 Å². The van der Waals surface area contributed by atoms with E-state index in [2.05, 4.69) is 0 Å². The molecule has 0 saturated carbocycles. The summed E-state index contributed by atoms with van der Waals surface area (Å²) in [7, 11) is 0. The Morgan fingerprint density at radius 1 is 1.18 bits per heavy atom. The van der Waals surface area contributed by atoms with Crippen LogP contribution in [-0.4, -0.2) is 0 Å². The van der Waals surface area contributed by atoms with Crippen LogP contribution in [0, 0.1) is 6.92 Å². The highest BCUT2D eigenvalue weighted by Crippen LogP contribution is 2.24. The van der Waals surface area contributed by atoms with Crippen molar-refractivity contribution < 1.29 is 4.74 Å². The number of halogens is 1. The Morgan fingerprint density at radius 3 is 2.65 bits per heavy atom. The van der Waals surface area contributed by atoms with E-state index in [1.54, 1.807) is 0 Å². The summed E-state index contributed by atoms with van der Waals surface area (Å²) in [6.07, 6.45) is 0. The number of nitrogen functional groups attached to an aromatic ring is 1. The van der Waals surface area contributed by atoms with Crippen LogP contribution in [0.4, 0.5) is 5.69 Å². The summed E-state index contributed by atoms with van der Waals surface area (Å²) >= 11 is 6.01. The predicted molar refractivity (Wildman–Crippen MR) is 71.4 cm³/mol. The van der Waals surface area contributed by atoms with Crippen LogP contribution in [0.25, 0.3) is 0 Å². The summed E-state index contributed by atoms with van der Waals surface area (Å²) in [4.78, 5) is 0. The molecule has 2 nitrogen and oxygen atoms in total. The predicted octanol–water partition coefficient (Wildman–Crippen LogP) is 3.81. The van der Waals surface area contributed by atoms with Crippen LogP contribution >= 0.6 is 11.6 Å². The molecule has 2 rings (SSSR count). The monoisotopic (exact) mass is 247 g/mol. The summed E-state index contributed by atoms with van der Waals surface area (Å²) in [5.74, 6) is 0.699. The second kappa shape index (κ2) is 5.11. The summed E-state index contributed by atoms with van der Waals surface area (Å²) in [5.41, 5.74) is 8.70. The van der Waals surface area contributed by atoms with Crippen molar-refractivity contribution in [3.05, 3.63) is 58.6 Å². The summed E-state index contributed by atoms with van der Waals surface area (Å²) < 4.78 is 5.67. The van der Waals surface area contributed by atoms with Gasteiger partial charge in [0, 0.05) is 5.69 Å². The highest BCUT2D eigenvalue weighted by molar-refractivity contribution is 6.32. The molecule has 0 saturated heterocycles. The minimum absolute atomic E-state index is 0.496. The largest absolute Gasteiger partial charge is 0.487 e.